The van der Waals surface area contributed by atoms with Gasteiger partial charge in [-0.1, -0.05) is 26.7 Å². The highest BCUT2D eigenvalue weighted by molar-refractivity contribution is 7.13. The number of nitrogens with zero attached hydrogens (tertiary/aromatic N) is 3. The first-order valence-corrected chi connectivity index (χ1v) is 10.9. The van der Waals surface area contributed by atoms with Crippen molar-refractivity contribution < 1.29 is 9.18 Å². The molecule has 0 atom stereocenters. The number of benzene rings is 1. The van der Waals surface area contributed by atoms with Gasteiger partial charge in [0.25, 0.3) is 5.91 Å². The van der Waals surface area contributed by atoms with Crippen molar-refractivity contribution in [2.75, 3.05) is 6.54 Å². The Bertz CT molecular complexity index is 947. The van der Waals surface area contributed by atoms with Gasteiger partial charge in [-0.25, -0.2) is 9.37 Å². The molecular formula is C22H28FN3OS. The number of rotatable bonds is 9. The summed E-state index contributed by atoms with van der Waals surface area (Å²) in [4.78, 5) is 21.6. The molecule has 0 N–H and O–H groups in total. The Kier molecular flexibility index (Phi) is 6.83. The largest absolute Gasteiger partial charge is 0.330 e. The number of halogens is 1. The van der Waals surface area contributed by atoms with Gasteiger partial charge in [0.1, 0.15) is 11.6 Å². The number of carbonyl (C=O) groups is 1. The highest BCUT2D eigenvalue weighted by atomic mass is 32.1. The molecule has 3 aromatic rings. The highest BCUT2D eigenvalue weighted by Gasteiger charge is 2.21. The summed E-state index contributed by atoms with van der Waals surface area (Å²) in [6.45, 7) is 8.16. The van der Waals surface area contributed by atoms with E-state index in [1.807, 2.05) is 24.0 Å². The highest BCUT2D eigenvalue weighted by Crippen LogP contribution is 2.22. The van der Waals surface area contributed by atoms with Gasteiger partial charge in [0.2, 0.25) is 0 Å². The molecule has 1 aromatic carbocycles. The Labute approximate surface area is 170 Å². The fourth-order valence-electron chi connectivity index (χ4n) is 3.42. The molecule has 0 saturated carbocycles. The molecule has 0 aliphatic carbocycles. The molecule has 0 unspecified atom stereocenters. The van der Waals surface area contributed by atoms with Crippen molar-refractivity contribution in [1.29, 1.82) is 0 Å². The second kappa shape index (κ2) is 9.32. The van der Waals surface area contributed by atoms with E-state index in [1.54, 1.807) is 6.07 Å². The second-order valence-electron chi connectivity index (χ2n) is 7.16. The minimum atomic E-state index is -0.263. The van der Waals surface area contributed by atoms with Crippen LogP contribution in [0.5, 0.6) is 0 Å². The molecule has 3 rings (SSSR count). The van der Waals surface area contributed by atoms with Crippen LogP contribution >= 0.6 is 11.3 Å². The lowest BCUT2D eigenvalue weighted by Gasteiger charge is -2.22. The van der Waals surface area contributed by atoms with Gasteiger partial charge in [0.05, 0.1) is 22.5 Å². The van der Waals surface area contributed by atoms with Gasteiger partial charge in [-0.15, -0.1) is 11.3 Å². The van der Waals surface area contributed by atoms with Crippen molar-refractivity contribution in [3.05, 3.63) is 51.7 Å². The summed E-state index contributed by atoms with van der Waals surface area (Å²) in [5.74, 6) is 0.609. The number of imidazole rings is 1. The fourth-order valence-corrected chi connectivity index (χ4v) is 4.26. The summed E-state index contributed by atoms with van der Waals surface area (Å²) in [6.07, 6.45) is 4.08. The molecule has 2 heterocycles. The summed E-state index contributed by atoms with van der Waals surface area (Å²) in [5.41, 5.74) is 1.57. The lowest BCUT2D eigenvalue weighted by Crippen LogP contribution is -2.32. The molecule has 28 heavy (non-hydrogen) atoms. The lowest BCUT2D eigenvalue weighted by molar-refractivity contribution is 0.0739. The molecule has 0 fully saturated rings. The lowest BCUT2D eigenvalue weighted by atomic mass is 10.2. The molecule has 2 aromatic heterocycles. The molecule has 0 saturated heterocycles. The van der Waals surface area contributed by atoms with E-state index >= 15 is 0 Å². The average Bonchev–Trinajstić information content (AvgIpc) is 3.25. The third-order valence-electron chi connectivity index (χ3n) is 4.84. The van der Waals surface area contributed by atoms with Crippen LogP contribution in [0, 0.1) is 12.7 Å². The maximum atomic E-state index is 13.8. The molecule has 0 aliphatic heterocycles. The van der Waals surface area contributed by atoms with Crippen LogP contribution < -0.4 is 0 Å². The number of hydrogen-bond acceptors (Lipinski definition) is 3. The van der Waals surface area contributed by atoms with Gasteiger partial charge in [-0.05, 0) is 50.1 Å². The van der Waals surface area contributed by atoms with Crippen molar-refractivity contribution >= 4 is 28.3 Å². The number of aryl methyl sites for hydroxylation is 2. The van der Waals surface area contributed by atoms with Crippen LogP contribution in [0.25, 0.3) is 11.0 Å². The van der Waals surface area contributed by atoms with E-state index in [0.29, 0.717) is 13.1 Å². The zero-order valence-electron chi connectivity index (χ0n) is 16.9. The minimum absolute atomic E-state index is 0.0514. The number of aromatic nitrogens is 2. The Balaban J connectivity index is 1.92. The number of fused-ring (bicyclic) bond motifs is 1. The van der Waals surface area contributed by atoms with Crippen LogP contribution in [0.1, 0.15) is 59.9 Å². The average molecular weight is 402 g/mol. The molecule has 0 spiro atoms. The molecule has 1 amide bonds. The van der Waals surface area contributed by atoms with Crippen molar-refractivity contribution in [2.45, 2.75) is 59.5 Å². The van der Waals surface area contributed by atoms with Crippen LogP contribution in [0.15, 0.2) is 30.3 Å². The van der Waals surface area contributed by atoms with Crippen molar-refractivity contribution in [3.8, 4) is 0 Å². The number of hydrogen-bond donors (Lipinski definition) is 0. The quantitative estimate of drug-likeness (QED) is 0.426. The number of carbonyl (C=O) groups excluding carboxylic acids is 1. The van der Waals surface area contributed by atoms with E-state index < -0.39 is 0 Å². The molecule has 150 valence electrons. The maximum Gasteiger partial charge on any atom is 0.264 e. The monoisotopic (exact) mass is 401 g/mol. The van der Waals surface area contributed by atoms with Gasteiger partial charge < -0.3 is 9.47 Å². The topological polar surface area (TPSA) is 38.1 Å². The van der Waals surface area contributed by atoms with E-state index in [4.69, 9.17) is 4.98 Å². The van der Waals surface area contributed by atoms with Gasteiger partial charge in [-0.3, -0.25) is 4.79 Å². The Morgan fingerprint density at radius 2 is 2.00 bits per heavy atom. The fraction of sp³-hybridized carbons (Fsp3) is 0.455. The first kappa shape index (κ1) is 20.5. The SMILES string of the molecule is CCCCCN(Cc1nc2ccc(F)cc2n1CCC)C(=O)c1ccc(C)s1. The van der Waals surface area contributed by atoms with Crippen LogP contribution in [-0.2, 0) is 13.1 Å². The van der Waals surface area contributed by atoms with E-state index in [1.165, 1.54) is 23.5 Å². The van der Waals surface area contributed by atoms with Crippen LogP contribution in [0.2, 0.25) is 0 Å². The normalized spacial score (nSPS) is 11.3. The van der Waals surface area contributed by atoms with Crippen LogP contribution in [0.4, 0.5) is 4.39 Å². The standard InChI is InChI=1S/C22H28FN3OS/c1-4-6-7-13-25(22(27)20-11-8-16(3)28-20)15-21-24-18-10-9-17(23)14-19(18)26(21)12-5-2/h8-11,14H,4-7,12-13,15H2,1-3H3. The first-order valence-electron chi connectivity index (χ1n) is 10.0. The van der Waals surface area contributed by atoms with Crippen molar-refractivity contribution in [1.82, 2.24) is 14.5 Å². The minimum Gasteiger partial charge on any atom is -0.330 e. The smallest absolute Gasteiger partial charge is 0.264 e. The first-order chi connectivity index (χ1) is 13.5. The Morgan fingerprint density at radius 3 is 2.68 bits per heavy atom. The number of thiophene rings is 1. The number of amides is 1. The third-order valence-corrected chi connectivity index (χ3v) is 5.83. The van der Waals surface area contributed by atoms with E-state index in [0.717, 1.165) is 58.8 Å². The Morgan fingerprint density at radius 1 is 1.18 bits per heavy atom. The van der Waals surface area contributed by atoms with Gasteiger partial charge in [0.15, 0.2) is 0 Å². The summed E-state index contributed by atoms with van der Waals surface area (Å²) >= 11 is 1.53. The van der Waals surface area contributed by atoms with Crippen molar-refractivity contribution in [2.24, 2.45) is 0 Å². The summed E-state index contributed by atoms with van der Waals surface area (Å²) in [5, 5.41) is 0. The molecule has 0 radical (unpaired) electrons. The second-order valence-corrected chi connectivity index (χ2v) is 8.44. The zero-order valence-corrected chi connectivity index (χ0v) is 17.7. The molecule has 6 heteroatoms. The van der Waals surface area contributed by atoms with Gasteiger partial charge >= 0.3 is 0 Å². The van der Waals surface area contributed by atoms with E-state index in [2.05, 4.69) is 18.4 Å². The maximum absolute atomic E-state index is 13.8. The van der Waals surface area contributed by atoms with E-state index in [-0.39, 0.29) is 11.7 Å². The van der Waals surface area contributed by atoms with E-state index in [9.17, 15) is 9.18 Å². The summed E-state index contributed by atoms with van der Waals surface area (Å²) in [6, 6.07) is 8.57. The zero-order chi connectivity index (χ0) is 20.1. The predicted molar refractivity (Wildman–Crippen MR) is 113 cm³/mol. The Hall–Kier alpha value is -2.21. The molecule has 0 aliphatic rings. The van der Waals surface area contributed by atoms with Gasteiger partial charge in [0, 0.05) is 18.0 Å². The molecule has 0 bridgehead atoms. The van der Waals surface area contributed by atoms with Gasteiger partial charge in [-0.2, -0.15) is 0 Å². The van der Waals surface area contributed by atoms with Crippen LogP contribution in [0.3, 0.4) is 0 Å². The predicted octanol–water partition coefficient (Wildman–Crippen LogP) is 5.79. The molecular weight excluding hydrogens is 373 g/mol. The molecule has 4 nitrogen and oxygen atoms in total. The van der Waals surface area contributed by atoms with Crippen molar-refractivity contribution in [3.63, 3.8) is 0 Å². The number of unbranched alkanes of at least 4 members (excludes halogenated alkanes) is 2. The summed E-state index contributed by atoms with van der Waals surface area (Å²) < 4.78 is 15.8. The third kappa shape index (κ3) is 4.61. The summed E-state index contributed by atoms with van der Waals surface area (Å²) in [7, 11) is 0. The van der Waals surface area contributed by atoms with Crippen LogP contribution in [-0.4, -0.2) is 26.9 Å².